The zero-order chi connectivity index (χ0) is 24.2. The maximum atomic E-state index is 12.2. The highest BCUT2D eigenvalue weighted by Gasteiger charge is 2.47. The summed E-state index contributed by atoms with van der Waals surface area (Å²) < 4.78 is 6.32. The molecule has 1 N–H and O–H groups in total. The number of benzene rings is 1. The molecule has 0 saturated carbocycles. The van der Waals surface area contributed by atoms with Crippen molar-refractivity contribution in [2.75, 3.05) is 22.3 Å². The van der Waals surface area contributed by atoms with Crippen molar-refractivity contribution in [1.82, 2.24) is 0 Å². The minimum atomic E-state index is -0.226. The number of unbranched alkanes of at least 4 members (excludes halogenated alkanes) is 2. The Morgan fingerprint density at radius 3 is 2.53 bits per heavy atom. The highest BCUT2D eigenvalue weighted by molar-refractivity contribution is 7.99. The highest BCUT2D eigenvalue weighted by Crippen LogP contribution is 2.47. The zero-order valence-electron chi connectivity index (χ0n) is 21.2. The number of hydrogen-bond donors (Lipinski definition) is 1. The number of anilines is 1. The molecule has 1 aromatic carbocycles. The van der Waals surface area contributed by atoms with Crippen LogP contribution in [0.5, 0.6) is 0 Å². The van der Waals surface area contributed by atoms with Crippen LogP contribution in [0.15, 0.2) is 30.3 Å². The molecule has 2 bridgehead atoms. The molecule has 0 aromatic heterocycles. The van der Waals surface area contributed by atoms with E-state index >= 15 is 0 Å². The summed E-state index contributed by atoms with van der Waals surface area (Å²) in [7, 11) is 0. The fourth-order valence-corrected chi connectivity index (χ4v) is 8.13. The van der Waals surface area contributed by atoms with Gasteiger partial charge in [0.2, 0.25) is 0 Å². The number of fused-ring (bicyclic) bond motifs is 2. The molecule has 0 aliphatic carbocycles. The smallest absolute Gasteiger partial charge is 0.250 e. The second-order valence-electron chi connectivity index (χ2n) is 9.88. The summed E-state index contributed by atoms with van der Waals surface area (Å²) in [6.07, 6.45) is 13.7. The minimum absolute atomic E-state index is 0.226. The van der Waals surface area contributed by atoms with E-state index < -0.39 is 0 Å². The van der Waals surface area contributed by atoms with Crippen LogP contribution in [0.2, 0.25) is 0 Å². The molecule has 5 atom stereocenters. The van der Waals surface area contributed by atoms with Crippen LogP contribution in [0.1, 0.15) is 84.5 Å². The molecule has 192 valence electrons. The molecule has 0 spiro atoms. The molecule has 3 rings (SSSR count). The molecule has 0 radical (unpaired) electrons. The lowest BCUT2D eigenvalue weighted by Gasteiger charge is -2.28. The van der Waals surface area contributed by atoms with Crippen LogP contribution in [0.25, 0.3) is 0 Å². The van der Waals surface area contributed by atoms with Crippen LogP contribution in [-0.2, 0) is 9.53 Å². The number of thioether (sulfide) groups is 2. The number of nitrogens with zero attached hydrogens (tertiary/aromatic N) is 1. The molecular formula is C28H45NO3S2. The zero-order valence-corrected chi connectivity index (χ0v) is 22.8. The number of amides is 1. The Hall–Kier alpha value is -0.690. The Balaban J connectivity index is 1.28. The Morgan fingerprint density at radius 1 is 1.06 bits per heavy atom. The Bertz CT molecular complexity index is 704. The number of carbonyl (C=O) groups is 1. The molecule has 6 heteroatoms. The van der Waals surface area contributed by atoms with Crippen molar-refractivity contribution in [1.29, 1.82) is 0 Å². The summed E-state index contributed by atoms with van der Waals surface area (Å²) >= 11 is 4.23. The molecular weight excluding hydrogens is 462 g/mol. The van der Waals surface area contributed by atoms with Crippen molar-refractivity contribution in [3.05, 3.63) is 30.3 Å². The Labute approximate surface area is 215 Å². The van der Waals surface area contributed by atoms with Gasteiger partial charge in [-0.25, -0.2) is 0 Å². The van der Waals surface area contributed by atoms with Gasteiger partial charge in [-0.3, -0.25) is 10.0 Å². The molecule has 2 aliphatic heterocycles. The molecule has 2 saturated heterocycles. The predicted octanol–water partition coefficient (Wildman–Crippen LogP) is 7.59. The van der Waals surface area contributed by atoms with Crippen molar-refractivity contribution < 1.29 is 14.7 Å². The largest absolute Gasteiger partial charge is 0.374 e. The van der Waals surface area contributed by atoms with Crippen molar-refractivity contribution in [2.24, 2.45) is 11.8 Å². The number of para-hydroxylation sites is 1. The summed E-state index contributed by atoms with van der Waals surface area (Å²) in [4.78, 5) is 12.2. The fourth-order valence-electron chi connectivity index (χ4n) is 5.48. The lowest BCUT2D eigenvalue weighted by atomic mass is 9.78. The van der Waals surface area contributed by atoms with Gasteiger partial charge in [0.25, 0.3) is 5.91 Å². The molecule has 2 heterocycles. The average molecular weight is 508 g/mol. The van der Waals surface area contributed by atoms with Gasteiger partial charge in [-0.2, -0.15) is 28.6 Å². The second-order valence-corrected chi connectivity index (χ2v) is 12.4. The second kappa shape index (κ2) is 15.4. The van der Waals surface area contributed by atoms with Crippen molar-refractivity contribution in [3.63, 3.8) is 0 Å². The van der Waals surface area contributed by atoms with Gasteiger partial charge < -0.3 is 4.74 Å². The number of rotatable bonds is 17. The van der Waals surface area contributed by atoms with Gasteiger partial charge in [0.15, 0.2) is 0 Å². The summed E-state index contributed by atoms with van der Waals surface area (Å²) in [5, 5.41) is 11.7. The SMILES string of the molecule is CCCC(CC)SCCCC[C@H]1[C@@H](CSCCCCC(=O)N(O)c2ccccc2)[C@H]2CC[C@@H]1O2. The van der Waals surface area contributed by atoms with Crippen LogP contribution in [0.4, 0.5) is 5.69 Å². The summed E-state index contributed by atoms with van der Waals surface area (Å²) in [6, 6.07) is 9.01. The summed E-state index contributed by atoms with van der Waals surface area (Å²) in [5.41, 5.74) is 0.536. The standard InChI is InChI=1S/C28H45NO3S2/c1-3-12-23(4-2)34-20-11-8-15-24-25(27-18-17-26(24)32-27)21-33-19-10-9-16-28(30)29(31)22-13-6-5-7-14-22/h5-7,13-14,23-27,31H,3-4,8-12,15-21H2,1-2H3/t23?,24-,25+,26-,27+/m0/s1. The van der Waals surface area contributed by atoms with Crippen molar-refractivity contribution in [3.8, 4) is 0 Å². The van der Waals surface area contributed by atoms with Crippen LogP contribution in [0.3, 0.4) is 0 Å². The summed E-state index contributed by atoms with van der Waals surface area (Å²) in [6.45, 7) is 4.62. The third-order valence-electron chi connectivity index (χ3n) is 7.42. The van der Waals surface area contributed by atoms with Gasteiger partial charge in [0.05, 0.1) is 17.9 Å². The molecule has 1 unspecified atom stereocenters. The number of hydroxylamine groups is 1. The Kier molecular flexibility index (Phi) is 12.7. The van der Waals surface area contributed by atoms with E-state index in [1.54, 1.807) is 12.1 Å². The first-order chi connectivity index (χ1) is 16.6. The maximum absolute atomic E-state index is 12.2. The third-order valence-corrected chi connectivity index (χ3v) is 10.2. The quantitative estimate of drug-likeness (QED) is 0.134. The molecule has 2 aliphatic rings. The third kappa shape index (κ3) is 8.46. The van der Waals surface area contributed by atoms with E-state index in [4.69, 9.17) is 4.74 Å². The maximum Gasteiger partial charge on any atom is 0.250 e. The number of hydrogen-bond acceptors (Lipinski definition) is 5. The highest BCUT2D eigenvalue weighted by atomic mass is 32.2. The van der Waals surface area contributed by atoms with Crippen LogP contribution in [-0.4, -0.2) is 45.8 Å². The van der Waals surface area contributed by atoms with E-state index in [1.165, 1.54) is 62.9 Å². The van der Waals surface area contributed by atoms with Crippen molar-refractivity contribution >= 4 is 35.1 Å². The van der Waals surface area contributed by atoms with Gasteiger partial charge in [0.1, 0.15) is 0 Å². The van der Waals surface area contributed by atoms with E-state index in [2.05, 4.69) is 25.6 Å². The van der Waals surface area contributed by atoms with Gasteiger partial charge >= 0.3 is 0 Å². The number of ether oxygens (including phenoxy) is 1. The van der Waals surface area contributed by atoms with Gasteiger partial charge in [-0.05, 0) is 92.6 Å². The molecule has 2 fully saturated rings. The molecule has 34 heavy (non-hydrogen) atoms. The predicted molar refractivity (Wildman–Crippen MR) is 147 cm³/mol. The van der Waals surface area contributed by atoms with E-state index in [1.807, 2.05) is 30.0 Å². The van der Waals surface area contributed by atoms with E-state index in [0.717, 1.165) is 34.8 Å². The number of carbonyl (C=O) groups excluding carboxylic acids is 1. The van der Waals surface area contributed by atoms with Crippen LogP contribution in [0, 0.1) is 11.8 Å². The molecule has 1 aromatic rings. The van der Waals surface area contributed by atoms with Gasteiger partial charge in [0, 0.05) is 11.7 Å². The van der Waals surface area contributed by atoms with Gasteiger partial charge in [-0.1, -0.05) is 44.9 Å². The Morgan fingerprint density at radius 2 is 1.79 bits per heavy atom. The molecule has 1 amide bonds. The molecule has 4 nitrogen and oxygen atoms in total. The van der Waals surface area contributed by atoms with Crippen molar-refractivity contribution in [2.45, 2.75) is 102 Å². The van der Waals surface area contributed by atoms with Crippen LogP contribution >= 0.6 is 23.5 Å². The first-order valence-corrected chi connectivity index (χ1v) is 15.8. The minimum Gasteiger partial charge on any atom is -0.374 e. The summed E-state index contributed by atoms with van der Waals surface area (Å²) in [5.74, 6) is 4.83. The van der Waals surface area contributed by atoms with Gasteiger partial charge in [-0.15, -0.1) is 0 Å². The monoisotopic (exact) mass is 507 g/mol. The van der Waals surface area contributed by atoms with E-state index in [-0.39, 0.29) is 5.91 Å². The first kappa shape index (κ1) is 27.9. The normalized spacial score (nSPS) is 24.4. The first-order valence-electron chi connectivity index (χ1n) is 13.6. The van der Waals surface area contributed by atoms with Crippen LogP contribution < -0.4 is 5.06 Å². The lowest BCUT2D eigenvalue weighted by Crippen LogP contribution is -2.29. The van der Waals surface area contributed by atoms with E-state index in [9.17, 15) is 10.0 Å². The fraction of sp³-hybridized carbons (Fsp3) is 0.750. The van der Waals surface area contributed by atoms with E-state index in [0.29, 0.717) is 30.2 Å². The topological polar surface area (TPSA) is 49.8 Å². The lowest BCUT2D eigenvalue weighted by molar-refractivity contribution is -0.123. The average Bonchev–Trinajstić information content (AvgIpc) is 3.47.